The van der Waals surface area contributed by atoms with Crippen molar-refractivity contribution in [3.05, 3.63) is 22.4 Å². The number of ether oxygens (including phenoxy) is 2. The lowest BCUT2D eigenvalue weighted by Crippen LogP contribution is -2.41. The standard InChI is InChI=1S/C19H26N2O4S/c1-12(2)24-9-17(22)21-8-15-14(16-3-5-19(15,11-21)25-16)7-20-18(23)13-4-6-26-10-13/h4,6,10,12,14-16H,3,5,7-9,11H2,1-2H3,(H,20,23)/t14-,15+,16+,19+/m0/s1. The summed E-state index contributed by atoms with van der Waals surface area (Å²) in [6.45, 7) is 5.96. The Bertz CT molecular complexity index is 677. The molecule has 2 amide bonds. The summed E-state index contributed by atoms with van der Waals surface area (Å²) in [5, 5.41) is 6.83. The van der Waals surface area contributed by atoms with Gasteiger partial charge < -0.3 is 19.7 Å². The van der Waals surface area contributed by atoms with E-state index in [0.717, 1.165) is 12.8 Å². The highest BCUT2D eigenvalue weighted by molar-refractivity contribution is 7.08. The van der Waals surface area contributed by atoms with Crippen LogP contribution in [0.1, 0.15) is 37.0 Å². The predicted octanol–water partition coefficient (Wildman–Crippen LogP) is 1.91. The fraction of sp³-hybridized carbons (Fsp3) is 0.684. The average Bonchev–Trinajstić information content (AvgIpc) is 3.37. The number of likely N-dealkylation sites (tertiary alicyclic amines) is 1. The highest BCUT2D eigenvalue weighted by Crippen LogP contribution is 2.54. The van der Waals surface area contributed by atoms with Crippen LogP contribution in [0, 0.1) is 11.8 Å². The van der Waals surface area contributed by atoms with Gasteiger partial charge in [-0.3, -0.25) is 9.59 Å². The first-order valence-electron chi connectivity index (χ1n) is 9.36. The molecule has 0 unspecified atom stereocenters. The van der Waals surface area contributed by atoms with Crippen LogP contribution in [0.2, 0.25) is 0 Å². The van der Waals surface area contributed by atoms with Gasteiger partial charge in [0, 0.05) is 35.9 Å². The van der Waals surface area contributed by atoms with Crippen molar-refractivity contribution in [3.63, 3.8) is 0 Å². The van der Waals surface area contributed by atoms with Crippen molar-refractivity contribution in [2.75, 3.05) is 26.2 Å². The zero-order valence-corrected chi connectivity index (χ0v) is 16.1. The van der Waals surface area contributed by atoms with Crippen molar-refractivity contribution in [1.82, 2.24) is 10.2 Å². The molecule has 0 saturated carbocycles. The molecule has 4 atom stereocenters. The van der Waals surface area contributed by atoms with Gasteiger partial charge in [-0.05, 0) is 38.1 Å². The van der Waals surface area contributed by atoms with E-state index in [1.165, 1.54) is 11.3 Å². The van der Waals surface area contributed by atoms with Gasteiger partial charge in [-0.1, -0.05) is 0 Å². The molecule has 3 aliphatic heterocycles. The minimum absolute atomic E-state index is 0.0284. The lowest BCUT2D eigenvalue weighted by molar-refractivity contribution is -0.138. The van der Waals surface area contributed by atoms with E-state index in [1.807, 2.05) is 35.6 Å². The molecule has 3 aliphatic rings. The molecule has 1 N–H and O–H groups in total. The maximum absolute atomic E-state index is 12.5. The van der Waals surface area contributed by atoms with Gasteiger partial charge in [0.2, 0.25) is 5.91 Å². The number of hydrogen-bond acceptors (Lipinski definition) is 5. The van der Waals surface area contributed by atoms with Crippen molar-refractivity contribution in [2.45, 2.75) is 44.5 Å². The summed E-state index contributed by atoms with van der Waals surface area (Å²) in [7, 11) is 0. The van der Waals surface area contributed by atoms with Crippen molar-refractivity contribution in [3.8, 4) is 0 Å². The van der Waals surface area contributed by atoms with Crippen LogP contribution >= 0.6 is 11.3 Å². The van der Waals surface area contributed by atoms with Gasteiger partial charge >= 0.3 is 0 Å². The first kappa shape index (κ1) is 17.9. The first-order valence-corrected chi connectivity index (χ1v) is 10.3. The fourth-order valence-electron chi connectivity index (χ4n) is 4.69. The molecule has 6 nitrogen and oxygen atoms in total. The smallest absolute Gasteiger partial charge is 0.252 e. The molecule has 4 heterocycles. The van der Waals surface area contributed by atoms with Crippen molar-refractivity contribution >= 4 is 23.2 Å². The molecule has 1 spiro atoms. The third-order valence-electron chi connectivity index (χ3n) is 5.96. The van der Waals surface area contributed by atoms with Crippen molar-refractivity contribution in [1.29, 1.82) is 0 Å². The van der Waals surface area contributed by atoms with Crippen LogP contribution in [0.5, 0.6) is 0 Å². The van der Waals surface area contributed by atoms with E-state index < -0.39 is 0 Å². The zero-order chi connectivity index (χ0) is 18.3. The van der Waals surface area contributed by atoms with Gasteiger partial charge in [0.25, 0.3) is 5.91 Å². The minimum atomic E-state index is -0.212. The van der Waals surface area contributed by atoms with Gasteiger partial charge in [0.15, 0.2) is 0 Å². The summed E-state index contributed by atoms with van der Waals surface area (Å²) in [6.07, 6.45) is 2.27. The number of amides is 2. The highest BCUT2D eigenvalue weighted by Gasteiger charge is 2.63. The summed E-state index contributed by atoms with van der Waals surface area (Å²) < 4.78 is 11.8. The van der Waals surface area contributed by atoms with E-state index in [1.54, 1.807) is 0 Å². The second-order valence-corrected chi connectivity index (χ2v) is 8.67. The first-order chi connectivity index (χ1) is 12.5. The molecule has 0 radical (unpaired) electrons. The number of carbonyl (C=O) groups is 2. The predicted molar refractivity (Wildman–Crippen MR) is 98.1 cm³/mol. The molecule has 0 aromatic carbocycles. The third kappa shape index (κ3) is 3.17. The summed E-state index contributed by atoms with van der Waals surface area (Å²) in [5.74, 6) is 0.581. The van der Waals surface area contributed by atoms with Gasteiger partial charge in [-0.25, -0.2) is 0 Å². The molecule has 7 heteroatoms. The van der Waals surface area contributed by atoms with Crippen LogP contribution < -0.4 is 5.32 Å². The normalized spacial score (nSPS) is 32.3. The number of fused-ring (bicyclic) bond motifs is 1. The topological polar surface area (TPSA) is 67.9 Å². The Labute approximate surface area is 157 Å². The Morgan fingerprint density at radius 2 is 2.35 bits per heavy atom. The summed E-state index contributed by atoms with van der Waals surface area (Å²) in [6, 6.07) is 1.84. The van der Waals surface area contributed by atoms with Gasteiger partial charge in [-0.15, -0.1) is 0 Å². The monoisotopic (exact) mass is 378 g/mol. The summed E-state index contributed by atoms with van der Waals surface area (Å²) >= 11 is 1.52. The highest BCUT2D eigenvalue weighted by atomic mass is 32.1. The molecule has 0 aliphatic carbocycles. The molecule has 1 aromatic rings. The second-order valence-electron chi connectivity index (χ2n) is 7.89. The van der Waals surface area contributed by atoms with Crippen molar-refractivity contribution < 1.29 is 19.1 Å². The largest absolute Gasteiger partial charge is 0.369 e. The number of thiophene rings is 1. The van der Waals surface area contributed by atoms with E-state index in [9.17, 15) is 9.59 Å². The van der Waals surface area contributed by atoms with E-state index in [2.05, 4.69) is 5.32 Å². The molecule has 142 valence electrons. The van der Waals surface area contributed by atoms with Crippen LogP contribution in [0.4, 0.5) is 0 Å². The number of carbonyl (C=O) groups excluding carboxylic acids is 2. The lowest BCUT2D eigenvalue weighted by Gasteiger charge is -2.29. The minimum Gasteiger partial charge on any atom is -0.369 e. The Balaban J connectivity index is 1.38. The Morgan fingerprint density at radius 3 is 3.08 bits per heavy atom. The Hall–Kier alpha value is -1.44. The molecule has 3 saturated heterocycles. The Morgan fingerprint density at radius 1 is 1.50 bits per heavy atom. The van der Waals surface area contributed by atoms with Crippen molar-refractivity contribution in [2.24, 2.45) is 11.8 Å². The van der Waals surface area contributed by atoms with E-state index in [0.29, 0.717) is 31.1 Å². The lowest BCUT2D eigenvalue weighted by atomic mass is 9.73. The van der Waals surface area contributed by atoms with Crippen LogP contribution in [0.15, 0.2) is 16.8 Å². The number of hydrogen-bond donors (Lipinski definition) is 1. The third-order valence-corrected chi connectivity index (χ3v) is 6.64. The molecule has 26 heavy (non-hydrogen) atoms. The Kier molecular flexibility index (Phi) is 4.79. The maximum atomic E-state index is 12.5. The van der Waals surface area contributed by atoms with E-state index in [-0.39, 0.29) is 42.1 Å². The van der Waals surface area contributed by atoms with Gasteiger partial charge in [0.1, 0.15) is 6.61 Å². The van der Waals surface area contributed by atoms with E-state index in [4.69, 9.17) is 9.47 Å². The summed E-state index contributed by atoms with van der Waals surface area (Å²) in [5.41, 5.74) is 0.499. The molecule has 1 aromatic heterocycles. The molecule has 2 bridgehead atoms. The molecular weight excluding hydrogens is 352 g/mol. The van der Waals surface area contributed by atoms with Gasteiger partial charge in [0.05, 0.1) is 24.4 Å². The summed E-state index contributed by atoms with van der Waals surface area (Å²) in [4.78, 5) is 26.6. The quantitative estimate of drug-likeness (QED) is 0.821. The molecule has 3 fully saturated rings. The van der Waals surface area contributed by atoms with Crippen LogP contribution in [0.3, 0.4) is 0 Å². The number of nitrogens with one attached hydrogen (secondary N) is 1. The molecule has 4 rings (SSSR count). The average molecular weight is 378 g/mol. The van der Waals surface area contributed by atoms with Crippen LogP contribution in [0.25, 0.3) is 0 Å². The number of nitrogens with zero attached hydrogens (tertiary/aromatic N) is 1. The number of rotatable bonds is 6. The molecular formula is C19H26N2O4S. The van der Waals surface area contributed by atoms with Crippen LogP contribution in [-0.4, -0.2) is 60.8 Å². The SMILES string of the molecule is CC(C)OCC(=O)N1C[C@@H]2[C@H](CNC(=O)c3ccsc3)[C@H]3CC[C@]2(C1)O3. The van der Waals surface area contributed by atoms with Crippen LogP contribution in [-0.2, 0) is 14.3 Å². The zero-order valence-electron chi connectivity index (χ0n) is 15.3. The van der Waals surface area contributed by atoms with E-state index >= 15 is 0 Å². The fourth-order valence-corrected chi connectivity index (χ4v) is 5.32. The second kappa shape index (κ2) is 6.94. The van der Waals surface area contributed by atoms with Gasteiger partial charge in [-0.2, -0.15) is 11.3 Å². The maximum Gasteiger partial charge on any atom is 0.252 e.